The highest BCUT2D eigenvalue weighted by molar-refractivity contribution is 6.01. The predicted octanol–water partition coefficient (Wildman–Crippen LogP) is 3.64. The molecule has 1 aromatic rings. The van der Waals surface area contributed by atoms with Crippen molar-refractivity contribution >= 4 is 17.7 Å². The Kier molecular flexibility index (Phi) is 6.23. The van der Waals surface area contributed by atoms with Crippen molar-refractivity contribution in [3.05, 3.63) is 22.4 Å². The average molecular weight is 444 g/mol. The number of esters is 1. The number of rotatable bonds is 6. The van der Waals surface area contributed by atoms with E-state index in [-0.39, 0.29) is 12.5 Å². The lowest BCUT2D eigenvalue weighted by atomic mass is 10.0. The number of nitrogens with zero attached hydrogens (tertiary/aromatic N) is 3. The third kappa shape index (κ3) is 4.12. The van der Waals surface area contributed by atoms with Crippen LogP contribution in [0.5, 0.6) is 0 Å². The first-order chi connectivity index (χ1) is 15.3. The Morgan fingerprint density at radius 1 is 1.22 bits per heavy atom. The molecule has 0 spiro atoms. The molecule has 0 N–H and O–H groups in total. The van der Waals surface area contributed by atoms with Gasteiger partial charge in [0.15, 0.2) is 0 Å². The van der Waals surface area contributed by atoms with Gasteiger partial charge in [0.25, 0.3) is 5.91 Å². The molecular weight excluding hydrogens is 406 g/mol. The van der Waals surface area contributed by atoms with Crippen LogP contribution in [-0.4, -0.2) is 60.7 Å². The van der Waals surface area contributed by atoms with Crippen LogP contribution >= 0.6 is 0 Å². The molecule has 7 heteroatoms. The van der Waals surface area contributed by atoms with Crippen LogP contribution in [0.2, 0.25) is 0 Å². The number of anilines is 1. The topological polar surface area (TPSA) is 72.0 Å². The molecule has 1 amide bonds. The van der Waals surface area contributed by atoms with Gasteiger partial charge in [-0.3, -0.25) is 9.59 Å². The number of aromatic nitrogens is 1. The minimum absolute atomic E-state index is 0.0358. The number of carbonyl (C=O) groups excluding carboxylic acids is 2. The monoisotopic (exact) mass is 443 g/mol. The Hall–Kier alpha value is -2.15. The van der Waals surface area contributed by atoms with Crippen LogP contribution in [0.3, 0.4) is 0 Å². The minimum atomic E-state index is -0.409. The van der Waals surface area contributed by atoms with Crippen molar-refractivity contribution < 1.29 is 19.1 Å². The molecule has 1 saturated heterocycles. The third-order valence-electron chi connectivity index (χ3n) is 7.55. The smallest absolute Gasteiger partial charge is 0.325 e. The number of pyridine rings is 1. The SMILES string of the molecule is CC.COC(=O)CN1Cc2nc(N3CCC(OCC4(C)CC4)C4CC43)c(C)c(C)c2C1=O. The van der Waals surface area contributed by atoms with Gasteiger partial charge < -0.3 is 19.3 Å². The van der Waals surface area contributed by atoms with Gasteiger partial charge in [0.2, 0.25) is 0 Å². The summed E-state index contributed by atoms with van der Waals surface area (Å²) in [4.78, 5) is 33.4. The third-order valence-corrected chi connectivity index (χ3v) is 7.55. The van der Waals surface area contributed by atoms with E-state index in [4.69, 9.17) is 14.5 Å². The van der Waals surface area contributed by atoms with Crippen molar-refractivity contribution in [3.63, 3.8) is 0 Å². The van der Waals surface area contributed by atoms with Gasteiger partial charge in [-0.15, -0.1) is 0 Å². The molecule has 4 aliphatic rings. The van der Waals surface area contributed by atoms with E-state index < -0.39 is 5.97 Å². The summed E-state index contributed by atoms with van der Waals surface area (Å²) in [6.07, 6.45) is 5.15. The molecule has 2 aliphatic heterocycles. The molecule has 32 heavy (non-hydrogen) atoms. The van der Waals surface area contributed by atoms with E-state index in [1.807, 2.05) is 20.8 Å². The van der Waals surface area contributed by atoms with Crippen LogP contribution in [0.25, 0.3) is 0 Å². The van der Waals surface area contributed by atoms with E-state index in [2.05, 4.69) is 18.7 Å². The van der Waals surface area contributed by atoms with E-state index in [0.29, 0.717) is 35.6 Å². The quantitative estimate of drug-likeness (QED) is 0.625. The zero-order valence-electron chi connectivity index (χ0n) is 20.4. The number of carbonyl (C=O) groups is 2. The normalized spacial score (nSPS) is 26.7. The Labute approximate surface area is 191 Å². The number of amides is 1. The van der Waals surface area contributed by atoms with Gasteiger partial charge in [-0.25, -0.2) is 4.98 Å². The zero-order valence-corrected chi connectivity index (χ0v) is 20.4. The highest BCUT2D eigenvalue weighted by Gasteiger charge is 2.52. The minimum Gasteiger partial charge on any atom is -0.468 e. The maximum atomic E-state index is 12.8. The number of methoxy groups -OCH3 is 1. The molecule has 3 fully saturated rings. The molecule has 2 aliphatic carbocycles. The van der Waals surface area contributed by atoms with Crippen LogP contribution < -0.4 is 4.90 Å². The van der Waals surface area contributed by atoms with Crippen molar-refractivity contribution in [2.45, 2.75) is 79.0 Å². The second kappa shape index (κ2) is 8.65. The summed E-state index contributed by atoms with van der Waals surface area (Å²) in [7, 11) is 1.34. The summed E-state index contributed by atoms with van der Waals surface area (Å²) in [6.45, 7) is 12.5. The first-order valence-corrected chi connectivity index (χ1v) is 12.1. The molecule has 0 bridgehead atoms. The zero-order chi connectivity index (χ0) is 23.2. The Balaban J connectivity index is 0.00000119. The largest absolute Gasteiger partial charge is 0.468 e. The molecule has 2 saturated carbocycles. The van der Waals surface area contributed by atoms with Gasteiger partial charge in [-0.1, -0.05) is 20.8 Å². The second-order valence-corrected chi connectivity index (χ2v) is 9.85. The van der Waals surface area contributed by atoms with Crippen LogP contribution in [-0.2, 0) is 20.8 Å². The maximum absolute atomic E-state index is 12.8. The van der Waals surface area contributed by atoms with Crippen LogP contribution in [0.1, 0.15) is 73.6 Å². The molecule has 7 nitrogen and oxygen atoms in total. The fourth-order valence-electron chi connectivity index (χ4n) is 5.02. The molecule has 1 aromatic heterocycles. The Morgan fingerprint density at radius 3 is 2.59 bits per heavy atom. The Bertz CT molecular complexity index is 911. The first kappa shape index (κ1) is 23.0. The number of piperidine rings is 1. The molecule has 3 atom stereocenters. The van der Waals surface area contributed by atoms with Crippen molar-refractivity contribution in [1.29, 1.82) is 0 Å². The number of hydrogen-bond acceptors (Lipinski definition) is 6. The van der Waals surface area contributed by atoms with E-state index in [1.54, 1.807) is 0 Å². The van der Waals surface area contributed by atoms with E-state index >= 15 is 0 Å². The standard InChI is InChI=1S/C23H31N3O4.C2H6/c1-13-14(2)21(24-16-10-25(11-19(27)29-4)22(28)20(13)16)26-8-5-18(15-9-17(15)26)30-12-23(3)6-7-23;1-2/h15,17-18H,5-12H2,1-4H3;1-2H3. The van der Waals surface area contributed by atoms with E-state index in [0.717, 1.165) is 48.6 Å². The lowest BCUT2D eigenvalue weighted by Gasteiger charge is -2.34. The van der Waals surface area contributed by atoms with Crippen molar-refractivity contribution in [2.75, 3.05) is 31.7 Å². The molecule has 176 valence electrons. The highest BCUT2D eigenvalue weighted by Crippen LogP contribution is 2.50. The van der Waals surface area contributed by atoms with Gasteiger partial charge in [-0.05, 0) is 56.1 Å². The van der Waals surface area contributed by atoms with Crippen molar-refractivity contribution in [2.24, 2.45) is 11.3 Å². The molecule has 3 heterocycles. The Morgan fingerprint density at radius 2 is 1.94 bits per heavy atom. The summed E-state index contributed by atoms with van der Waals surface area (Å²) in [5, 5.41) is 0. The van der Waals surface area contributed by atoms with Gasteiger partial charge in [0.05, 0.1) is 37.6 Å². The summed E-state index contributed by atoms with van der Waals surface area (Å²) in [5.41, 5.74) is 3.91. The highest BCUT2D eigenvalue weighted by atomic mass is 16.5. The van der Waals surface area contributed by atoms with Gasteiger partial charge in [-0.2, -0.15) is 0 Å². The number of fused-ring (bicyclic) bond motifs is 2. The van der Waals surface area contributed by atoms with Gasteiger partial charge in [0, 0.05) is 18.5 Å². The molecule has 0 aromatic carbocycles. The average Bonchev–Trinajstić information content (AvgIpc) is 3.71. The fourth-order valence-corrected chi connectivity index (χ4v) is 5.02. The van der Waals surface area contributed by atoms with Crippen molar-refractivity contribution in [3.8, 4) is 0 Å². The summed E-state index contributed by atoms with van der Waals surface area (Å²) < 4.78 is 11.0. The summed E-state index contributed by atoms with van der Waals surface area (Å²) >= 11 is 0. The lowest BCUT2D eigenvalue weighted by Crippen LogP contribution is -2.40. The summed E-state index contributed by atoms with van der Waals surface area (Å²) in [6, 6.07) is 0.489. The van der Waals surface area contributed by atoms with Crippen molar-refractivity contribution in [1.82, 2.24) is 9.88 Å². The second-order valence-electron chi connectivity index (χ2n) is 9.85. The number of ether oxygens (including phenoxy) is 2. The van der Waals surface area contributed by atoms with E-state index in [1.165, 1.54) is 24.9 Å². The molecular formula is C25H37N3O4. The maximum Gasteiger partial charge on any atom is 0.325 e. The van der Waals surface area contributed by atoms with Crippen LogP contribution in [0.4, 0.5) is 5.82 Å². The van der Waals surface area contributed by atoms with Gasteiger partial charge >= 0.3 is 5.97 Å². The number of hydrogen-bond donors (Lipinski definition) is 0. The van der Waals surface area contributed by atoms with Crippen LogP contribution in [0.15, 0.2) is 0 Å². The van der Waals surface area contributed by atoms with E-state index in [9.17, 15) is 9.59 Å². The summed E-state index contributed by atoms with van der Waals surface area (Å²) in [5.74, 6) is 1.06. The lowest BCUT2D eigenvalue weighted by molar-refractivity contribution is -0.141. The van der Waals surface area contributed by atoms with Crippen LogP contribution in [0, 0.1) is 25.2 Å². The fraction of sp³-hybridized carbons (Fsp3) is 0.720. The predicted molar refractivity (Wildman–Crippen MR) is 123 cm³/mol. The van der Waals surface area contributed by atoms with Gasteiger partial charge in [0.1, 0.15) is 12.4 Å². The molecule has 0 radical (unpaired) electrons. The first-order valence-electron chi connectivity index (χ1n) is 12.1. The molecule has 5 rings (SSSR count). The molecule has 3 unspecified atom stereocenters.